The summed E-state index contributed by atoms with van der Waals surface area (Å²) >= 11 is 0. The number of aliphatic imine (C=N–C) groups is 1. The zero-order valence-electron chi connectivity index (χ0n) is 16.1. The van der Waals surface area contributed by atoms with E-state index in [4.69, 9.17) is 4.74 Å². The molecule has 0 bridgehead atoms. The zero-order valence-corrected chi connectivity index (χ0v) is 16.1. The second kappa shape index (κ2) is 9.23. The lowest BCUT2D eigenvalue weighted by Crippen LogP contribution is -2.13. The first kappa shape index (κ1) is 24.0. The van der Waals surface area contributed by atoms with Crippen molar-refractivity contribution in [2.45, 2.75) is 18.8 Å². The Morgan fingerprint density at radius 3 is 2.13 bits per heavy atom. The molecule has 0 fully saturated rings. The molecular formula is C21H17F6NO3. The number of carboxylic acid groups (broad SMARTS) is 1. The van der Waals surface area contributed by atoms with Crippen LogP contribution in [-0.2, 0) is 23.6 Å². The van der Waals surface area contributed by atoms with Crippen molar-refractivity contribution < 1.29 is 41.0 Å². The highest BCUT2D eigenvalue weighted by molar-refractivity contribution is 5.83. The summed E-state index contributed by atoms with van der Waals surface area (Å²) in [4.78, 5) is 15.3. The summed E-state index contributed by atoms with van der Waals surface area (Å²) in [6.07, 6.45) is -7.94. The van der Waals surface area contributed by atoms with Crippen molar-refractivity contribution in [3.63, 3.8) is 0 Å². The Morgan fingerprint density at radius 2 is 1.68 bits per heavy atom. The Morgan fingerprint density at radius 1 is 1.10 bits per heavy atom. The molecule has 0 aromatic heterocycles. The largest absolute Gasteiger partial charge is 0.497 e. The molecule has 0 unspecified atom stereocenters. The highest BCUT2D eigenvalue weighted by Gasteiger charge is 2.36. The lowest BCUT2D eigenvalue weighted by atomic mass is 9.98. The summed E-state index contributed by atoms with van der Waals surface area (Å²) in [5, 5.41) is 9.20. The third-order valence-corrected chi connectivity index (χ3v) is 4.30. The molecule has 10 heteroatoms. The number of carboxylic acids is 1. The van der Waals surface area contributed by atoms with Gasteiger partial charge in [0.25, 0.3) is 0 Å². The number of aliphatic carboxylic acids is 1. The van der Waals surface area contributed by atoms with Crippen LogP contribution in [0.15, 0.2) is 54.0 Å². The van der Waals surface area contributed by atoms with E-state index < -0.39 is 40.9 Å². The number of methoxy groups -OCH3 is 1. The van der Waals surface area contributed by atoms with Gasteiger partial charge in [-0.25, -0.2) is 0 Å². The van der Waals surface area contributed by atoms with E-state index in [0.29, 0.717) is 23.4 Å². The first-order valence-corrected chi connectivity index (χ1v) is 8.71. The van der Waals surface area contributed by atoms with Crippen LogP contribution in [0.5, 0.6) is 5.75 Å². The van der Waals surface area contributed by atoms with Crippen LogP contribution < -0.4 is 4.74 Å². The van der Waals surface area contributed by atoms with Crippen molar-refractivity contribution in [3.05, 3.63) is 71.3 Å². The van der Waals surface area contributed by atoms with Gasteiger partial charge in [0.15, 0.2) is 0 Å². The topological polar surface area (TPSA) is 58.9 Å². The average molecular weight is 445 g/mol. The summed E-state index contributed by atoms with van der Waals surface area (Å²) in [5.41, 5.74) is -2.82. The van der Waals surface area contributed by atoms with Gasteiger partial charge in [-0.1, -0.05) is 12.1 Å². The normalized spacial score (nSPS) is 13.3. The minimum Gasteiger partial charge on any atom is -0.497 e. The predicted octanol–water partition coefficient (Wildman–Crippen LogP) is 5.91. The number of hydrogen-bond donors (Lipinski definition) is 1. The summed E-state index contributed by atoms with van der Waals surface area (Å²) in [5.74, 6) is -1.79. The van der Waals surface area contributed by atoms with E-state index >= 15 is 0 Å². The van der Waals surface area contributed by atoms with Crippen LogP contribution in [0.2, 0.25) is 0 Å². The van der Waals surface area contributed by atoms with Gasteiger partial charge in [-0.2, -0.15) is 26.3 Å². The van der Waals surface area contributed by atoms with Crippen LogP contribution in [0.1, 0.15) is 22.3 Å². The second-order valence-corrected chi connectivity index (χ2v) is 6.48. The first-order valence-electron chi connectivity index (χ1n) is 8.71. The molecule has 2 aromatic rings. The molecule has 2 aromatic carbocycles. The van der Waals surface area contributed by atoms with Crippen LogP contribution in [-0.4, -0.2) is 24.4 Å². The molecule has 166 valence electrons. The van der Waals surface area contributed by atoms with Crippen molar-refractivity contribution >= 4 is 17.9 Å². The van der Waals surface area contributed by atoms with E-state index in [0.717, 1.165) is 6.21 Å². The van der Waals surface area contributed by atoms with Gasteiger partial charge in [0.05, 0.1) is 29.8 Å². The lowest BCUT2D eigenvalue weighted by molar-refractivity contribution is -0.143. The van der Waals surface area contributed by atoms with Crippen molar-refractivity contribution in [3.8, 4) is 5.75 Å². The smallest absolute Gasteiger partial charge is 0.416 e. The molecular weight excluding hydrogens is 428 g/mol. The standard InChI is InChI=1S/C21H17F6NO3/c1-3-13(19(29)30)8-14-4-5-17(31-2)10-18(14)28-11-12-6-15(20(22,23)24)9-16(7-12)21(25,26)27/h3-7,9-11,13H,1,8H2,2H3,(H,29,30)/t13-/m1/s1. The number of halogens is 6. The van der Waals surface area contributed by atoms with Gasteiger partial charge in [0, 0.05) is 12.3 Å². The van der Waals surface area contributed by atoms with Gasteiger partial charge in [-0.05, 0) is 41.8 Å². The van der Waals surface area contributed by atoms with Crippen molar-refractivity contribution in [1.82, 2.24) is 0 Å². The van der Waals surface area contributed by atoms with E-state index in [1.54, 1.807) is 0 Å². The van der Waals surface area contributed by atoms with Crippen LogP contribution in [0.4, 0.5) is 32.0 Å². The number of nitrogens with zero attached hydrogens (tertiary/aromatic N) is 1. The SMILES string of the molecule is C=C[C@H](Cc1ccc(OC)cc1N=Cc1cc(C(F)(F)F)cc(C(F)(F)F)c1)C(=O)O. The molecule has 0 aliphatic heterocycles. The fourth-order valence-corrected chi connectivity index (χ4v) is 2.67. The molecule has 0 heterocycles. The van der Waals surface area contributed by atoms with E-state index in [-0.39, 0.29) is 18.2 Å². The van der Waals surface area contributed by atoms with E-state index in [2.05, 4.69) is 11.6 Å². The number of hydrogen-bond acceptors (Lipinski definition) is 3. The molecule has 0 aliphatic carbocycles. The molecule has 1 atom stereocenters. The quantitative estimate of drug-likeness (QED) is 0.327. The minimum absolute atomic E-state index is 0.0237. The zero-order chi connectivity index (χ0) is 23.4. The summed E-state index contributed by atoms with van der Waals surface area (Å²) in [7, 11) is 1.36. The molecule has 0 aliphatic rings. The van der Waals surface area contributed by atoms with Crippen LogP contribution in [0.3, 0.4) is 0 Å². The average Bonchev–Trinajstić information content (AvgIpc) is 2.69. The maximum absolute atomic E-state index is 13.0. The Bertz CT molecular complexity index is 963. The first-order chi connectivity index (χ1) is 14.3. The molecule has 0 saturated carbocycles. The van der Waals surface area contributed by atoms with Gasteiger partial charge >= 0.3 is 18.3 Å². The highest BCUT2D eigenvalue weighted by Crippen LogP contribution is 2.36. The van der Waals surface area contributed by atoms with Crippen molar-refractivity contribution in [2.75, 3.05) is 7.11 Å². The monoisotopic (exact) mass is 445 g/mol. The Balaban J connectivity index is 2.53. The Hall–Kier alpha value is -3.30. The molecule has 0 amide bonds. The van der Waals surface area contributed by atoms with Gasteiger partial charge in [-0.15, -0.1) is 6.58 Å². The molecule has 0 spiro atoms. The number of benzene rings is 2. The second-order valence-electron chi connectivity index (χ2n) is 6.48. The number of ether oxygens (including phenoxy) is 1. The van der Waals surface area contributed by atoms with Gasteiger partial charge in [0.2, 0.25) is 0 Å². The molecule has 2 rings (SSSR count). The molecule has 31 heavy (non-hydrogen) atoms. The summed E-state index contributed by atoms with van der Waals surface area (Å²) < 4.78 is 83.2. The van der Waals surface area contributed by atoms with Crippen molar-refractivity contribution in [1.29, 1.82) is 0 Å². The maximum atomic E-state index is 13.0. The number of alkyl halides is 6. The van der Waals surface area contributed by atoms with Crippen LogP contribution in [0.25, 0.3) is 0 Å². The number of carbonyl (C=O) groups is 1. The predicted molar refractivity (Wildman–Crippen MR) is 102 cm³/mol. The third kappa shape index (κ3) is 6.34. The van der Waals surface area contributed by atoms with E-state index in [9.17, 15) is 36.2 Å². The van der Waals surface area contributed by atoms with E-state index in [1.165, 1.54) is 31.4 Å². The van der Waals surface area contributed by atoms with Crippen LogP contribution >= 0.6 is 0 Å². The lowest BCUT2D eigenvalue weighted by Gasteiger charge is -2.13. The van der Waals surface area contributed by atoms with Gasteiger partial charge in [-0.3, -0.25) is 9.79 Å². The fourth-order valence-electron chi connectivity index (χ4n) is 2.67. The summed E-state index contributed by atoms with van der Waals surface area (Å²) in [6.45, 7) is 3.44. The molecule has 1 N–H and O–H groups in total. The fraction of sp³-hybridized carbons (Fsp3) is 0.238. The molecule has 4 nitrogen and oxygen atoms in total. The van der Waals surface area contributed by atoms with Gasteiger partial charge in [0.1, 0.15) is 5.75 Å². The molecule has 0 radical (unpaired) electrons. The Kier molecular flexibility index (Phi) is 7.14. The molecule has 0 saturated heterocycles. The van der Waals surface area contributed by atoms with Crippen molar-refractivity contribution in [2.24, 2.45) is 10.9 Å². The Labute approximate surface area is 173 Å². The highest BCUT2D eigenvalue weighted by atomic mass is 19.4. The summed E-state index contributed by atoms with van der Waals surface area (Å²) in [6, 6.07) is 5.55. The maximum Gasteiger partial charge on any atom is 0.416 e. The third-order valence-electron chi connectivity index (χ3n) is 4.30. The minimum atomic E-state index is -4.98. The number of rotatable bonds is 7. The van der Waals surface area contributed by atoms with Crippen LogP contribution in [0, 0.1) is 5.92 Å². The van der Waals surface area contributed by atoms with E-state index in [1.807, 2.05) is 0 Å². The van der Waals surface area contributed by atoms with Gasteiger partial charge < -0.3 is 9.84 Å².